The van der Waals surface area contributed by atoms with E-state index >= 15 is 0 Å². The van der Waals surface area contributed by atoms with Gasteiger partial charge in [0.25, 0.3) is 0 Å². The van der Waals surface area contributed by atoms with Crippen LogP contribution in [-0.4, -0.2) is 53.8 Å². The summed E-state index contributed by atoms with van der Waals surface area (Å²) in [5, 5.41) is 3.18. The van der Waals surface area contributed by atoms with Gasteiger partial charge < -0.3 is 15.0 Å². The zero-order valence-corrected chi connectivity index (χ0v) is 19.8. The number of carbonyl (C=O) groups excluding carboxylic acids is 1. The second kappa shape index (κ2) is 9.53. The summed E-state index contributed by atoms with van der Waals surface area (Å²) < 4.78 is 85.0. The van der Waals surface area contributed by atoms with Gasteiger partial charge in [-0.15, -0.1) is 0 Å². The predicted molar refractivity (Wildman–Crippen MR) is 115 cm³/mol. The molecule has 3 heterocycles. The molecule has 3 aliphatic rings. The molecule has 1 saturated carbocycles. The normalized spacial score (nSPS) is 30.0. The Morgan fingerprint density at radius 2 is 1.97 bits per heavy atom. The number of nitrogens with zero attached hydrogens (tertiary/aromatic N) is 2. The number of halogens is 6. The van der Waals surface area contributed by atoms with Crippen molar-refractivity contribution in [2.24, 2.45) is 17.3 Å². The molecule has 35 heavy (non-hydrogen) atoms. The molecule has 1 amide bonds. The van der Waals surface area contributed by atoms with Crippen molar-refractivity contribution < 1.29 is 35.9 Å². The standard InChI is InChI=1S/C24H31F6N3O2/c1-14(2)22(6-3-17(10-22)32-20-5-8-35-13-18(20)24(28,29)30)21(34)33-7-4-19-15(12-33)9-16(11-31-19)23(25,26)27/h9,11,14,17-18,20,32H,3-8,10,12-13H2,1-2H3/t17-,18?,20?,22+/m1/s1. The van der Waals surface area contributed by atoms with Gasteiger partial charge in [0.05, 0.1) is 23.5 Å². The minimum Gasteiger partial charge on any atom is -0.381 e. The van der Waals surface area contributed by atoms with Gasteiger partial charge in [-0.1, -0.05) is 13.8 Å². The average molecular weight is 508 g/mol. The molecule has 1 N–H and O–H groups in total. The second-order valence-corrected chi connectivity index (χ2v) is 10.3. The van der Waals surface area contributed by atoms with Gasteiger partial charge in [0, 0.05) is 50.1 Å². The highest BCUT2D eigenvalue weighted by Crippen LogP contribution is 2.47. The lowest BCUT2D eigenvalue weighted by Gasteiger charge is -2.40. The monoisotopic (exact) mass is 507 g/mol. The summed E-state index contributed by atoms with van der Waals surface area (Å²) in [6, 6.07) is 0.0519. The minimum atomic E-state index is -4.52. The van der Waals surface area contributed by atoms with Crippen LogP contribution < -0.4 is 5.32 Å². The largest absolute Gasteiger partial charge is 0.417 e. The van der Waals surface area contributed by atoms with Crippen molar-refractivity contribution in [1.29, 1.82) is 0 Å². The van der Waals surface area contributed by atoms with Crippen molar-refractivity contribution in [3.63, 3.8) is 0 Å². The first-order chi connectivity index (χ1) is 16.3. The van der Waals surface area contributed by atoms with E-state index in [-0.39, 0.29) is 44.0 Å². The lowest BCUT2D eigenvalue weighted by Crippen LogP contribution is -2.53. The van der Waals surface area contributed by atoms with Crippen LogP contribution in [0.25, 0.3) is 0 Å². The Morgan fingerprint density at radius 1 is 1.23 bits per heavy atom. The Bertz CT molecular complexity index is 935. The third kappa shape index (κ3) is 5.30. The Hall–Kier alpha value is -1.88. The number of pyridine rings is 1. The molecule has 1 aliphatic carbocycles. The van der Waals surface area contributed by atoms with Gasteiger partial charge in [0.1, 0.15) is 0 Å². The van der Waals surface area contributed by atoms with E-state index in [1.54, 1.807) is 4.90 Å². The maximum Gasteiger partial charge on any atom is 0.417 e. The lowest BCUT2D eigenvalue weighted by atomic mass is 9.74. The number of ether oxygens (including phenoxy) is 1. The van der Waals surface area contributed by atoms with Gasteiger partial charge in [-0.05, 0) is 43.2 Å². The summed E-state index contributed by atoms with van der Waals surface area (Å²) >= 11 is 0. The van der Waals surface area contributed by atoms with E-state index in [9.17, 15) is 31.1 Å². The maximum absolute atomic E-state index is 13.8. The van der Waals surface area contributed by atoms with Crippen LogP contribution in [0.4, 0.5) is 26.3 Å². The quantitative estimate of drug-likeness (QED) is 0.599. The van der Waals surface area contributed by atoms with Gasteiger partial charge in [-0.25, -0.2) is 0 Å². The maximum atomic E-state index is 13.8. The first-order valence-corrected chi connectivity index (χ1v) is 12.1. The van der Waals surface area contributed by atoms with E-state index < -0.39 is 35.3 Å². The summed E-state index contributed by atoms with van der Waals surface area (Å²) in [6.07, 6.45) is -5.96. The van der Waals surface area contributed by atoms with Crippen LogP contribution in [0.3, 0.4) is 0 Å². The van der Waals surface area contributed by atoms with Crippen LogP contribution >= 0.6 is 0 Å². The third-order valence-electron chi connectivity index (χ3n) is 7.96. The average Bonchev–Trinajstić information content (AvgIpc) is 3.22. The van der Waals surface area contributed by atoms with Crippen molar-refractivity contribution in [3.8, 4) is 0 Å². The number of hydrogen-bond acceptors (Lipinski definition) is 4. The molecular formula is C24H31F6N3O2. The first-order valence-electron chi connectivity index (χ1n) is 12.1. The van der Waals surface area contributed by atoms with Gasteiger partial charge in [-0.3, -0.25) is 9.78 Å². The lowest BCUT2D eigenvalue weighted by molar-refractivity contribution is -0.208. The molecular weight excluding hydrogens is 476 g/mol. The van der Waals surface area contributed by atoms with E-state index in [1.165, 1.54) is 0 Å². The van der Waals surface area contributed by atoms with Crippen LogP contribution in [0.15, 0.2) is 12.3 Å². The molecule has 1 aromatic heterocycles. The van der Waals surface area contributed by atoms with Gasteiger partial charge in [0.2, 0.25) is 5.91 Å². The van der Waals surface area contributed by atoms with Crippen molar-refractivity contribution in [2.75, 3.05) is 19.8 Å². The van der Waals surface area contributed by atoms with Crippen molar-refractivity contribution in [2.45, 2.75) is 76.9 Å². The molecule has 0 radical (unpaired) electrons. The molecule has 1 aromatic rings. The van der Waals surface area contributed by atoms with Crippen LogP contribution in [0, 0.1) is 17.3 Å². The Labute approximate surface area is 200 Å². The SMILES string of the molecule is CC(C)[C@]1(C(=O)N2CCc3ncc(C(F)(F)F)cc3C2)CC[C@@H](NC2CCOCC2C(F)(F)F)C1. The molecule has 0 bridgehead atoms. The molecule has 0 spiro atoms. The van der Waals surface area contributed by atoms with Gasteiger partial charge in [0.15, 0.2) is 0 Å². The molecule has 2 aliphatic heterocycles. The zero-order valence-electron chi connectivity index (χ0n) is 19.8. The first kappa shape index (κ1) is 26.2. The molecule has 1 saturated heterocycles. The summed E-state index contributed by atoms with van der Waals surface area (Å²) in [6.45, 7) is 4.14. The molecule has 2 unspecified atom stereocenters. The van der Waals surface area contributed by atoms with E-state index in [4.69, 9.17) is 4.74 Å². The number of nitrogens with one attached hydrogen (secondary N) is 1. The number of carbonyl (C=O) groups is 1. The molecule has 4 rings (SSSR count). The molecule has 5 nitrogen and oxygen atoms in total. The molecule has 2 fully saturated rings. The zero-order chi connectivity index (χ0) is 25.6. The fraction of sp³-hybridized carbons (Fsp3) is 0.750. The predicted octanol–water partition coefficient (Wildman–Crippen LogP) is 4.74. The van der Waals surface area contributed by atoms with Crippen LogP contribution in [0.5, 0.6) is 0 Å². The van der Waals surface area contributed by atoms with Gasteiger partial charge in [-0.2, -0.15) is 26.3 Å². The Morgan fingerprint density at radius 3 is 2.63 bits per heavy atom. The summed E-state index contributed by atoms with van der Waals surface area (Å²) in [5.74, 6) is -1.80. The highest BCUT2D eigenvalue weighted by molar-refractivity contribution is 5.83. The van der Waals surface area contributed by atoms with E-state index in [1.807, 2.05) is 13.8 Å². The van der Waals surface area contributed by atoms with E-state index in [0.717, 1.165) is 12.3 Å². The van der Waals surface area contributed by atoms with Gasteiger partial charge >= 0.3 is 12.4 Å². The number of rotatable bonds is 4. The molecule has 4 atom stereocenters. The Kier molecular flexibility index (Phi) is 7.13. The second-order valence-electron chi connectivity index (χ2n) is 10.3. The third-order valence-corrected chi connectivity index (χ3v) is 7.96. The molecule has 196 valence electrons. The highest BCUT2D eigenvalue weighted by atomic mass is 19.4. The van der Waals surface area contributed by atoms with E-state index in [2.05, 4.69) is 10.3 Å². The van der Waals surface area contributed by atoms with E-state index in [0.29, 0.717) is 43.5 Å². The number of hydrogen-bond donors (Lipinski definition) is 1. The van der Waals surface area contributed by atoms with Crippen LogP contribution in [0.1, 0.15) is 56.4 Å². The minimum absolute atomic E-state index is 0.0494. The number of aromatic nitrogens is 1. The van der Waals surface area contributed by atoms with Crippen molar-refractivity contribution in [1.82, 2.24) is 15.2 Å². The summed E-state index contributed by atoms with van der Waals surface area (Å²) in [7, 11) is 0. The number of alkyl halides is 6. The molecule has 0 aromatic carbocycles. The Balaban J connectivity index is 1.48. The fourth-order valence-electron chi connectivity index (χ4n) is 5.82. The smallest absolute Gasteiger partial charge is 0.381 e. The topological polar surface area (TPSA) is 54.5 Å². The molecule has 11 heteroatoms. The fourth-order valence-corrected chi connectivity index (χ4v) is 5.82. The number of amides is 1. The van der Waals surface area contributed by atoms with Crippen LogP contribution in [-0.2, 0) is 28.7 Å². The number of fused-ring (bicyclic) bond motifs is 1. The van der Waals surface area contributed by atoms with Crippen molar-refractivity contribution in [3.05, 3.63) is 29.1 Å². The highest BCUT2D eigenvalue weighted by Gasteiger charge is 2.52. The summed E-state index contributed by atoms with van der Waals surface area (Å²) in [5.41, 5.74) is -0.668. The summed E-state index contributed by atoms with van der Waals surface area (Å²) in [4.78, 5) is 19.3. The van der Waals surface area contributed by atoms with Crippen LogP contribution in [0.2, 0.25) is 0 Å². The van der Waals surface area contributed by atoms with Crippen molar-refractivity contribution >= 4 is 5.91 Å².